The Kier molecular flexibility index (Phi) is 5.87. The van der Waals surface area contributed by atoms with Crippen LogP contribution in [-0.4, -0.2) is 29.2 Å². The molecular formula is C26H27NO5. The highest BCUT2D eigenvalue weighted by Gasteiger charge is 2.35. The summed E-state index contributed by atoms with van der Waals surface area (Å²) in [5, 5.41) is 0.875. The Morgan fingerprint density at radius 3 is 2.38 bits per heavy atom. The lowest BCUT2D eigenvalue weighted by Crippen LogP contribution is -2.27. The van der Waals surface area contributed by atoms with Crippen molar-refractivity contribution in [2.75, 3.05) is 6.79 Å². The number of benzene rings is 2. The summed E-state index contributed by atoms with van der Waals surface area (Å²) in [4.78, 5) is 38.3. The normalized spacial score (nSPS) is 15.8. The maximum atomic E-state index is 13.4. The van der Waals surface area contributed by atoms with Crippen LogP contribution in [0.2, 0.25) is 0 Å². The summed E-state index contributed by atoms with van der Waals surface area (Å²) in [6.45, 7) is 4.80. The molecule has 6 heteroatoms. The van der Waals surface area contributed by atoms with E-state index in [-0.39, 0.29) is 5.91 Å². The number of hydrogen-bond donors (Lipinski definition) is 0. The smallest absolute Gasteiger partial charge is 0.316 e. The highest BCUT2D eigenvalue weighted by molar-refractivity contribution is 6.05. The lowest BCUT2D eigenvalue weighted by atomic mass is 9.85. The van der Waals surface area contributed by atoms with Crippen LogP contribution in [0, 0.1) is 5.41 Å². The van der Waals surface area contributed by atoms with Crippen LogP contribution >= 0.6 is 0 Å². The molecule has 1 heterocycles. The number of rotatable bonds is 4. The number of carbonyl (C=O) groups is 3. The maximum absolute atomic E-state index is 13.4. The molecule has 166 valence electrons. The Hall–Kier alpha value is -3.41. The van der Waals surface area contributed by atoms with E-state index in [1.54, 1.807) is 37.5 Å². The van der Waals surface area contributed by atoms with Crippen molar-refractivity contribution in [1.29, 1.82) is 0 Å². The van der Waals surface area contributed by atoms with Gasteiger partial charge in [0.1, 0.15) is 0 Å². The van der Waals surface area contributed by atoms with Gasteiger partial charge in [0.05, 0.1) is 16.8 Å². The van der Waals surface area contributed by atoms with E-state index in [1.165, 1.54) is 0 Å². The SMILES string of the molecule is CC(C)(C)C(=O)OCOC(=O)C1CCCc2c1c1ccccc1n2C(=O)c1ccccc1. The molecule has 1 aliphatic rings. The topological polar surface area (TPSA) is 74.6 Å². The molecule has 32 heavy (non-hydrogen) atoms. The monoisotopic (exact) mass is 433 g/mol. The summed E-state index contributed by atoms with van der Waals surface area (Å²) in [6.07, 6.45) is 2.07. The second kappa shape index (κ2) is 8.61. The molecule has 0 fully saturated rings. The Morgan fingerprint density at radius 1 is 0.969 bits per heavy atom. The zero-order chi connectivity index (χ0) is 22.9. The number of nitrogens with zero attached hydrogens (tertiary/aromatic N) is 1. The maximum Gasteiger partial charge on any atom is 0.316 e. The molecular weight excluding hydrogens is 406 g/mol. The lowest BCUT2D eigenvalue weighted by molar-refractivity contribution is -0.174. The van der Waals surface area contributed by atoms with E-state index >= 15 is 0 Å². The van der Waals surface area contributed by atoms with Gasteiger partial charge in [-0.05, 0) is 63.8 Å². The number of ether oxygens (including phenoxy) is 2. The molecule has 2 aromatic carbocycles. The third kappa shape index (κ3) is 4.05. The van der Waals surface area contributed by atoms with E-state index in [0.717, 1.165) is 28.6 Å². The van der Waals surface area contributed by atoms with Crippen LogP contribution in [0.3, 0.4) is 0 Å². The molecule has 0 spiro atoms. The molecule has 0 aliphatic heterocycles. The van der Waals surface area contributed by atoms with E-state index in [0.29, 0.717) is 18.4 Å². The van der Waals surface area contributed by atoms with E-state index in [4.69, 9.17) is 9.47 Å². The van der Waals surface area contributed by atoms with Gasteiger partial charge in [0, 0.05) is 16.6 Å². The van der Waals surface area contributed by atoms with Crippen molar-refractivity contribution in [2.45, 2.75) is 46.0 Å². The van der Waals surface area contributed by atoms with E-state index < -0.39 is 30.1 Å². The summed E-state index contributed by atoms with van der Waals surface area (Å²) >= 11 is 0. The van der Waals surface area contributed by atoms with Gasteiger partial charge in [-0.2, -0.15) is 0 Å². The van der Waals surface area contributed by atoms with Gasteiger partial charge in [0.2, 0.25) is 6.79 Å². The molecule has 0 amide bonds. The fourth-order valence-electron chi connectivity index (χ4n) is 4.21. The molecule has 6 nitrogen and oxygen atoms in total. The number of carbonyl (C=O) groups excluding carboxylic acids is 3. The molecule has 0 bridgehead atoms. The lowest BCUT2D eigenvalue weighted by Gasteiger charge is -2.23. The number of esters is 2. The molecule has 4 rings (SSSR count). The van der Waals surface area contributed by atoms with E-state index in [1.807, 2.05) is 42.5 Å². The summed E-state index contributed by atoms with van der Waals surface area (Å²) in [5.74, 6) is -1.50. The average molecular weight is 434 g/mol. The van der Waals surface area contributed by atoms with Crippen LogP contribution < -0.4 is 0 Å². The van der Waals surface area contributed by atoms with Crippen LogP contribution in [0.1, 0.15) is 61.1 Å². The van der Waals surface area contributed by atoms with E-state index in [9.17, 15) is 14.4 Å². The minimum absolute atomic E-state index is 0.115. The van der Waals surface area contributed by atoms with Gasteiger partial charge in [-0.25, -0.2) is 0 Å². The second-order valence-corrected chi connectivity index (χ2v) is 9.09. The second-order valence-electron chi connectivity index (χ2n) is 9.09. The first-order valence-electron chi connectivity index (χ1n) is 10.8. The summed E-state index contributed by atoms with van der Waals surface area (Å²) in [7, 11) is 0. The molecule has 1 unspecified atom stereocenters. The minimum Gasteiger partial charge on any atom is -0.427 e. The highest BCUT2D eigenvalue weighted by atomic mass is 16.7. The quantitative estimate of drug-likeness (QED) is 0.435. The van der Waals surface area contributed by atoms with Crippen molar-refractivity contribution in [3.05, 3.63) is 71.4 Å². The van der Waals surface area contributed by atoms with E-state index in [2.05, 4.69) is 0 Å². The van der Waals surface area contributed by atoms with Gasteiger partial charge in [-0.3, -0.25) is 19.0 Å². The molecule has 0 saturated heterocycles. The Balaban J connectivity index is 1.67. The Labute approximate surface area is 187 Å². The van der Waals surface area contributed by atoms with Crippen molar-refractivity contribution in [3.63, 3.8) is 0 Å². The molecule has 1 aromatic heterocycles. The van der Waals surface area contributed by atoms with Gasteiger partial charge in [0.15, 0.2) is 0 Å². The summed E-state index contributed by atoms with van der Waals surface area (Å²) in [5.41, 5.74) is 2.39. The average Bonchev–Trinajstić information content (AvgIpc) is 3.13. The van der Waals surface area contributed by atoms with Gasteiger partial charge in [-0.1, -0.05) is 36.4 Å². The molecule has 1 aliphatic carbocycles. The molecule has 0 saturated carbocycles. The first-order chi connectivity index (χ1) is 15.3. The van der Waals surface area contributed by atoms with Gasteiger partial charge in [0.25, 0.3) is 5.91 Å². The molecule has 0 radical (unpaired) electrons. The number of fused-ring (bicyclic) bond motifs is 3. The number of hydrogen-bond acceptors (Lipinski definition) is 5. The van der Waals surface area contributed by atoms with Gasteiger partial charge < -0.3 is 9.47 Å². The van der Waals surface area contributed by atoms with Crippen LogP contribution in [-0.2, 0) is 25.5 Å². The molecule has 3 aromatic rings. The predicted octanol–water partition coefficient (Wildman–Crippen LogP) is 4.84. The van der Waals surface area contributed by atoms with Crippen LogP contribution in [0.25, 0.3) is 10.9 Å². The summed E-state index contributed by atoms with van der Waals surface area (Å²) in [6, 6.07) is 16.8. The zero-order valence-electron chi connectivity index (χ0n) is 18.6. The number of aromatic nitrogens is 1. The fourth-order valence-corrected chi connectivity index (χ4v) is 4.21. The van der Waals surface area contributed by atoms with Gasteiger partial charge in [-0.15, -0.1) is 0 Å². The third-order valence-corrected chi connectivity index (χ3v) is 5.78. The van der Waals surface area contributed by atoms with Crippen molar-refractivity contribution >= 4 is 28.7 Å². The first kappa shape index (κ1) is 21.8. The van der Waals surface area contributed by atoms with Crippen molar-refractivity contribution in [2.24, 2.45) is 5.41 Å². The van der Waals surface area contributed by atoms with Crippen LogP contribution in [0.4, 0.5) is 0 Å². The molecule has 0 N–H and O–H groups in total. The van der Waals surface area contributed by atoms with Crippen molar-refractivity contribution in [1.82, 2.24) is 4.57 Å². The Bertz CT molecular complexity index is 1170. The molecule has 1 atom stereocenters. The van der Waals surface area contributed by atoms with Crippen molar-refractivity contribution < 1.29 is 23.9 Å². The predicted molar refractivity (Wildman–Crippen MR) is 120 cm³/mol. The highest BCUT2D eigenvalue weighted by Crippen LogP contribution is 2.40. The Morgan fingerprint density at radius 2 is 1.66 bits per heavy atom. The minimum atomic E-state index is -0.671. The fraction of sp³-hybridized carbons (Fsp3) is 0.346. The van der Waals surface area contributed by atoms with Crippen molar-refractivity contribution in [3.8, 4) is 0 Å². The largest absolute Gasteiger partial charge is 0.427 e. The zero-order valence-corrected chi connectivity index (χ0v) is 18.6. The van der Waals surface area contributed by atoms with Crippen LogP contribution in [0.5, 0.6) is 0 Å². The number of para-hydroxylation sites is 1. The van der Waals surface area contributed by atoms with Crippen LogP contribution in [0.15, 0.2) is 54.6 Å². The summed E-state index contributed by atoms with van der Waals surface area (Å²) < 4.78 is 12.2. The third-order valence-electron chi connectivity index (χ3n) is 5.78. The first-order valence-corrected chi connectivity index (χ1v) is 10.8. The van der Waals surface area contributed by atoms with Gasteiger partial charge >= 0.3 is 11.9 Å². The standard InChI is InChI=1S/C26H27NO5/c1-26(2,3)25(30)32-16-31-24(29)19-13-9-15-21-22(19)18-12-7-8-14-20(18)27(21)23(28)17-10-5-4-6-11-17/h4-8,10-12,14,19H,9,13,15-16H2,1-3H3.